The average Bonchev–Trinajstić information content (AvgIpc) is 3.37. The molecule has 0 aliphatic carbocycles. The molecular formula is C27H39N5O3. The summed E-state index contributed by atoms with van der Waals surface area (Å²) in [7, 11) is 2.19. The standard InChI is InChI=1S/C27H39N5O3/c1-20(26(33)31-15-13-30(14-16-31)23-6-11-29(2)12-7-23)32(24-8-17-35-18-9-24)27(34)22-4-3-21-5-10-28-25(21)19-22/h3-5,10,19-20,23-24,28H,6-9,11-18H2,1-2H3/t20-/m0/s1. The zero-order valence-corrected chi connectivity index (χ0v) is 21.1. The van der Waals surface area contributed by atoms with Gasteiger partial charge in [0.15, 0.2) is 0 Å². The third kappa shape index (κ3) is 5.25. The average molecular weight is 482 g/mol. The first-order chi connectivity index (χ1) is 17.0. The van der Waals surface area contributed by atoms with Gasteiger partial charge in [0.05, 0.1) is 0 Å². The zero-order valence-electron chi connectivity index (χ0n) is 21.1. The third-order valence-corrected chi connectivity index (χ3v) is 8.23. The predicted molar refractivity (Wildman–Crippen MR) is 136 cm³/mol. The summed E-state index contributed by atoms with van der Waals surface area (Å²) < 4.78 is 5.57. The SMILES string of the molecule is C[C@@H](C(=O)N1CCN(C2CCN(C)CC2)CC1)N(C(=O)c1ccc2cc[nH]c2c1)C1CCOCC1. The maximum Gasteiger partial charge on any atom is 0.254 e. The van der Waals surface area contributed by atoms with Crippen LogP contribution in [0, 0.1) is 0 Å². The monoisotopic (exact) mass is 481 g/mol. The number of likely N-dealkylation sites (tertiary alicyclic amines) is 1. The largest absolute Gasteiger partial charge is 0.381 e. The van der Waals surface area contributed by atoms with E-state index in [1.54, 1.807) is 0 Å². The molecule has 8 heteroatoms. The maximum absolute atomic E-state index is 13.8. The highest BCUT2D eigenvalue weighted by Gasteiger charge is 2.37. The molecule has 0 unspecified atom stereocenters. The molecule has 0 saturated carbocycles. The highest BCUT2D eigenvalue weighted by Crippen LogP contribution is 2.24. The normalized spacial score (nSPS) is 22.4. The Morgan fingerprint density at radius 1 is 1.00 bits per heavy atom. The molecule has 2 amide bonds. The van der Waals surface area contributed by atoms with Gasteiger partial charge in [0, 0.05) is 68.8 Å². The third-order valence-electron chi connectivity index (χ3n) is 8.23. The van der Waals surface area contributed by atoms with Gasteiger partial charge in [-0.05, 0) is 76.3 Å². The maximum atomic E-state index is 13.8. The molecule has 190 valence electrons. The van der Waals surface area contributed by atoms with Gasteiger partial charge in [-0.3, -0.25) is 14.5 Å². The Bertz CT molecular complexity index is 1020. The number of carbonyl (C=O) groups is 2. The molecule has 0 radical (unpaired) electrons. The molecule has 1 aromatic carbocycles. The molecule has 5 rings (SSSR count). The molecule has 4 heterocycles. The number of nitrogens with one attached hydrogen (secondary N) is 1. The second kappa shape index (κ2) is 10.7. The Morgan fingerprint density at radius 3 is 2.43 bits per heavy atom. The molecule has 0 spiro atoms. The molecule has 3 saturated heterocycles. The van der Waals surface area contributed by atoms with Crippen molar-refractivity contribution in [1.29, 1.82) is 0 Å². The minimum absolute atomic E-state index is 0.00931. The minimum Gasteiger partial charge on any atom is -0.381 e. The van der Waals surface area contributed by atoms with Gasteiger partial charge >= 0.3 is 0 Å². The first-order valence-corrected chi connectivity index (χ1v) is 13.2. The van der Waals surface area contributed by atoms with Crippen LogP contribution in [0.1, 0.15) is 43.0 Å². The number of hydrogen-bond donors (Lipinski definition) is 1. The van der Waals surface area contributed by atoms with Crippen molar-refractivity contribution in [3.63, 3.8) is 0 Å². The number of benzene rings is 1. The van der Waals surface area contributed by atoms with Crippen LogP contribution in [-0.2, 0) is 9.53 Å². The highest BCUT2D eigenvalue weighted by atomic mass is 16.5. The van der Waals surface area contributed by atoms with E-state index >= 15 is 0 Å². The number of ether oxygens (including phenoxy) is 1. The lowest BCUT2D eigenvalue weighted by Crippen LogP contribution is -2.59. The van der Waals surface area contributed by atoms with Crippen LogP contribution in [0.4, 0.5) is 0 Å². The number of rotatable bonds is 5. The molecule has 1 N–H and O–H groups in total. The molecule has 3 aliphatic rings. The van der Waals surface area contributed by atoms with E-state index < -0.39 is 6.04 Å². The lowest BCUT2D eigenvalue weighted by atomic mass is 10.0. The number of nitrogens with zero attached hydrogens (tertiary/aromatic N) is 4. The van der Waals surface area contributed by atoms with Gasteiger partial charge in [0.2, 0.25) is 5.91 Å². The summed E-state index contributed by atoms with van der Waals surface area (Å²) in [6, 6.07) is 7.89. The number of amides is 2. The second-order valence-corrected chi connectivity index (χ2v) is 10.4. The predicted octanol–water partition coefficient (Wildman–Crippen LogP) is 2.42. The fourth-order valence-electron chi connectivity index (χ4n) is 6.00. The van der Waals surface area contributed by atoms with E-state index in [0.717, 1.165) is 63.0 Å². The van der Waals surface area contributed by atoms with Crippen molar-refractivity contribution in [2.75, 3.05) is 59.5 Å². The number of aromatic nitrogens is 1. The van der Waals surface area contributed by atoms with Gasteiger partial charge in [0.25, 0.3) is 5.91 Å². The Labute approximate surface area is 208 Å². The fraction of sp³-hybridized carbons (Fsp3) is 0.630. The Kier molecular flexibility index (Phi) is 7.41. The van der Waals surface area contributed by atoms with E-state index in [1.807, 2.05) is 47.2 Å². The summed E-state index contributed by atoms with van der Waals surface area (Å²) in [6.45, 7) is 8.77. The summed E-state index contributed by atoms with van der Waals surface area (Å²) in [5.74, 6) is -0.00645. The first kappa shape index (κ1) is 24.3. The van der Waals surface area contributed by atoms with Crippen molar-refractivity contribution < 1.29 is 14.3 Å². The van der Waals surface area contributed by atoms with E-state index in [0.29, 0.717) is 24.8 Å². The van der Waals surface area contributed by atoms with Gasteiger partial charge in [-0.25, -0.2) is 0 Å². The molecule has 3 aliphatic heterocycles. The fourth-order valence-corrected chi connectivity index (χ4v) is 6.00. The number of carbonyl (C=O) groups excluding carboxylic acids is 2. The van der Waals surface area contributed by atoms with E-state index in [-0.39, 0.29) is 17.9 Å². The van der Waals surface area contributed by atoms with Crippen LogP contribution >= 0.6 is 0 Å². The van der Waals surface area contributed by atoms with Crippen molar-refractivity contribution in [1.82, 2.24) is 24.6 Å². The van der Waals surface area contributed by atoms with Gasteiger partial charge in [-0.2, -0.15) is 0 Å². The zero-order chi connectivity index (χ0) is 24.4. The van der Waals surface area contributed by atoms with Crippen LogP contribution in [0.5, 0.6) is 0 Å². The number of hydrogen-bond acceptors (Lipinski definition) is 5. The molecule has 8 nitrogen and oxygen atoms in total. The number of aromatic amines is 1. The Morgan fingerprint density at radius 2 is 1.71 bits per heavy atom. The highest BCUT2D eigenvalue weighted by molar-refractivity contribution is 6.00. The smallest absolute Gasteiger partial charge is 0.254 e. The van der Waals surface area contributed by atoms with Crippen LogP contribution < -0.4 is 0 Å². The topological polar surface area (TPSA) is 72.1 Å². The lowest BCUT2D eigenvalue weighted by Gasteiger charge is -2.44. The van der Waals surface area contributed by atoms with Gasteiger partial charge < -0.3 is 24.4 Å². The summed E-state index contributed by atoms with van der Waals surface area (Å²) >= 11 is 0. The summed E-state index contributed by atoms with van der Waals surface area (Å²) in [5, 5.41) is 1.07. The molecule has 0 bridgehead atoms. The lowest BCUT2D eigenvalue weighted by molar-refractivity contribution is -0.139. The van der Waals surface area contributed by atoms with E-state index in [1.165, 1.54) is 12.8 Å². The van der Waals surface area contributed by atoms with Crippen LogP contribution in [0.3, 0.4) is 0 Å². The number of piperazine rings is 1. The number of H-pyrrole nitrogens is 1. The Balaban J connectivity index is 1.28. The van der Waals surface area contributed by atoms with Gasteiger partial charge in [-0.15, -0.1) is 0 Å². The van der Waals surface area contributed by atoms with Gasteiger partial charge in [0.1, 0.15) is 6.04 Å². The number of piperidine rings is 1. The molecule has 3 fully saturated rings. The van der Waals surface area contributed by atoms with E-state index in [4.69, 9.17) is 4.74 Å². The number of fused-ring (bicyclic) bond motifs is 1. The minimum atomic E-state index is -0.500. The van der Waals surface area contributed by atoms with E-state index in [2.05, 4.69) is 21.8 Å². The van der Waals surface area contributed by atoms with Gasteiger partial charge in [-0.1, -0.05) is 6.07 Å². The van der Waals surface area contributed by atoms with Crippen molar-refractivity contribution in [2.45, 2.75) is 50.7 Å². The first-order valence-electron chi connectivity index (χ1n) is 13.2. The van der Waals surface area contributed by atoms with Crippen LogP contribution in [0.2, 0.25) is 0 Å². The Hall–Kier alpha value is -2.42. The summed E-state index contributed by atoms with van der Waals surface area (Å²) in [6.07, 6.45) is 5.82. The van der Waals surface area contributed by atoms with Crippen LogP contribution in [0.15, 0.2) is 30.5 Å². The quantitative estimate of drug-likeness (QED) is 0.710. The van der Waals surface area contributed by atoms with Crippen molar-refractivity contribution in [3.05, 3.63) is 36.0 Å². The molecular weight excluding hydrogens is 442 g/mol. The summed E-state index contributed by atoms with van der Waals surface area (Å²) in [4.78, 5) is 39.5. The molecule has 1 atom stereocenters. The molecule has 2 aromatic rings. The van der Waals surface area contributed by atoms with Crippen molar-refractivity contribution in [3.8, 4) is 0 Å². The second-order valence-electron chi connectivity index (χ2n) is 10.4. The van der Waals surface area contributed by atoms with Crippen molar-refractivity contribution in [2.24, 2.45) is 0 Å². The molecule has 35 heavy (non-hydrogen) atoms. The summed E-state index contributed by atoms with van der Waals surface area (Å²) in [5.41, 5.74) is 1.56. The molecule has 1 aromatic heterocycles. The van der Waals surface area contributed by atoms with Crippen LogP contribution in [0.25, 0.3) is 10.9 Å². The van der Waals surface area contributed by atoms with Crippen molar-refractivity contribution >= 4 is 22.7 Å². The van der Waals surface area contributed by atoms with E-state index in [9.17, 15) is 9.59 Å². The van der Waals surface area contributed by atoms with Crippen LogP contribution in [-0.4, -0.2) is 114 Å².